The van der Waals surface area contributed by atoms with Gasteiger partial charge in [-0.3, -0.25) is 9.59 Å². The molecule has 1 N–H and O–H groups in total. The van der Waals surface area contributed by atoms with Crippen LogP contribution < -0.4 is 10.1 Å². The van der Waals surface area contributed by atoms with Crippen molar-refractivity contribution in [1.82, 2.24) is 4.90 Å². The van der Waals surface area contributed by atoms with Crippen molar-refractivity contribution in [1.29, 1.82) is 0 Å². The second kappa shape index (κ2) is 9.83. The Labute approximate surface area is 176 Å². The number of aryl methyl sites for hydroxylation is 2. The van der Waals surface area contributed by atoms with Gasteiger partial charge in [-0.2, -0.15) is 0 Å². The third-order valence-electron chi connectivity index (χ3n) is 4.93. The maximum Gasteiger partial charge on any atom is 0.234 e. The molecule has 2 amide bonds. The van der Waals surface area contributed by atoms with Crippen LogP contribution in [0.5, 0.6) is 5.75 Å². The molecule has 0 atom stereocenters. The van der Waals surface area contributed by atoms with Crippen molar-refractivity contribution in [2.75, 3.05) is 23.9 Å². The van der Waals surface area contributed by atoms with Gasteiger partial charge in [0.25, 0.3) is 0 Å². The highest BCUT2D eigenvalue weighted by Crippen LogP contribution is 2.29. The lowest BCUT2D eigenvalue weighted by atomic mass is 10.1. The van der Waals surface area contributed by atoms with E-state index in [0.29, 0.717) is 18.3 Å². The first-order valence-electron chi connectivity index (χ1n) is 9.83. The average Bonchev–Trinajstić information content (AvgIpc) is 3.54. The Morgan fingerprint density at radius 2 is 1.83 bits per heavy atom. The fraction of sp³-hybridized carbons (Fsp3) is 0.391. The third-order valence-corrected chi connectivity index (χ3v) is 5.85. The molecule has 5 nitrogen and oxygen atoms in total. The van der Waals surface area contributed by atoms with Gasteiger partial charge in [0.05, 0.1) is 18.6 Å². The summed E-state index contributed by atoms with van der Waals surface area (Å²) in [5, 5.41) is 2.93. The number of hydrogen-bond donors (Lipinski definition) is 1. The second-order valence-corrected chi connectivity index (χ2v) is 8.45. The van der Waals surface area contributed by atoms with E-state index in [1.165, 1.54) is 11.8 Å². The molecule has 0 spiro atoms. The van der Waals surface area contributed by atoms with Crippen molar-refractivity contribution in [2.24, 2.45) is 0 Å². The highest BCUT2D eigenvalue weighted by Gasteiger charge is 2.32. The minimum Gasteiger partial charge on any atom is -0.497 e. The van der Waals surface area contributed by atoms with Crippen molar-refractivity contribution in [3.63, 3.8) is 0 Å². The van der Waals surface area contributed by atoms with Crippen LogP contribution in [0.15, 0.2) is 42.5 Å². The predicted molar refractivity (Wildman–Crippen MR) is 118 cm³/mol. The number of nitrogens with zero attached hydrogens (tertiary/aromatic N) is 1. The predicted octanol–water partition coefficient (Wildman–Crippen LogP) is 4.17. The largest absolute Gasteiger partial charge is 0.497 e. The molecule has 0 bridgehead atoms. The van der Waals surface area contributed by atoms with Crippen molar-refractivity contribution >= 4 is 29.3 Å². The molecule has 0 unspecified atom stereocenters. The van der Waals surface area contributed by atoms with Gasteiger partial charge < -0.3 is 15.0 Å². The molecule has 1 fully saturated rings. The van der Waals surface area contributed by atoms with Crippen LogP contribution in [0.25, 0.3) is 0 Å². The number of benzene rings is 2. The first-order valence-corrected chi connectivity index (χ1v) is 11.0. The highest BCUT2D eigenvalue weighted by molar-refractivity contribution is 8.00. The summed E-state index contributed by atoms with van der Waals surface area (Å²) in [6.45, 7) is 4.60. The van der Waals surface area contributed by atoms with Crippen LogP contribution in [0.3, 0.4) is 0 Å². The Morgan fingerprint density at radius 3 is 2.45 bits per heavy atom. The second-order valence-electron chi connectivity index (χ2n) is 7.46. The van der Waals surface area contributed by atoms with Crippen LogP contribution in [0.1, 0.15) is 29.5 Å². The van der Waals surface area contributed by atoms with E-state index in [4.69, 9.17) is 4.74 Å². The summed E-state index contributed by atoms with van der Waals surface area (Å²) in [5.41, 5.74) is 4.12. The summed E-state index contributed by atoms with van der Waals surface area (Å²) in [6.07, 6.45) is 2.11. The van der Waals surface area contributed by atoms with Crippen molar-refractivity contribution in [3.05, 3.63) is 59.2 Å². The van der Waals surface area contributed by atoms with Gasteiger partial charge in [-0.05, 0) is 56.0 Å². The molecule has 1 saturated carbocycles. The van der Waals surface area contributed by atoms with E-state index in [-0.39, 0.29) is 17.6 Å². The number of anilines is 1. The quantitative estimate of drug-likeness (QED) is 0.671. The van der Waals surface area contributed by atoms with E-state index in [2.05, 4.69) is 5.32 Å². The van der Waals surface area contributed by atoms with E-state index in [1.807, 2.05) is 61.2 Å². The molecule has 29 heavy (non-hydrogen) atoms. The third kappa shape index (κ3) is 6.26. The molecule has 0 heterocycles. The summed E-state index contributed by atoms with van der Waals surface area (Å²) < 4.78 is 5.19. The Morgan fingerprint density at radius 1 is 1.10 bits per heavy atom. The fourth-order valence-corrected chi connectivity index (χ4v) is 3.89. The van der Waals surface area contributed by atoms with E-state index < -0.39 is 0 Å². The fourth-order valence-electron chi connectivity index (χ4n) is 3.19. The first kappa shape index (κ1) is 21.2. The van der Waals surface area contributed by atoms with Gasteiger partial charge in [0.2, 0.25) is 11.8 Å². The van der Waals surface area contributed by atoms with Crippen LogP contribution >= 0.6 is 11.8 Å². The Hall–Kier alpha value is -2.47. The van der Waals surface area contributed by atoms with Crippen molar-refractivity contribution < 1.29 is 14.3 Å². The molecule has 0 radical (unpaired) electrons. The molecule has 2 aromatic carbocycles. The normalized spacial score (nSPS) is 13.1. The summed E-state index contributed by atoms with van der Waals surface area (Å²) in [4.78, 5) is 26.9. The van der Waals surface area contributed by atoms with Crippen molar-refractivity contribution in [3.8, 4) is 5.75 Å². The van der Waals surface area contributed by atoms with Crippen LogP contribution in [-0.2, 0) is 16.1 Å². The lowest BCUT2D eigenvalue weighted by Gasteiger charge is -2.22. The maximum absolute atomic E-state index is 12.7. The summed E-state index contributed by atoms with van der Waals surface area (Å²) in [7, 11) is 1.64. The van der Waals surface area contributed by atoms with E-state index >= 15 is 0 Å². The van der Waals surface area contributed by atoms with Gasteiger partial charge in [-0.25, -0.2) is 0 Å². The summed E-state index contributed by atoms with van der Waals surface area (Å²) in [5.74, 6) is 1.39. The van der Waals surface area contributed by atoms with Gasteiger partial charge >= 0.3 is 0 Å². The average molecular weight is 413 g/mol. The van der Waals surface area contributed by atoms with Crippen LogP contribution in [0.4, 0.5) is 5.69 Å². The standard InChI is InChI=1S/C23H28N2O3S/c1-16-4-11-21(17(2)12-16)24-22(26)14-29-15-23(27)25(19-7-8-19)13-18-5-9-20(28-3)10-6-18/h4-6,9-12,19H,7-8,13-15H2,1-3H3,(H,24,26). The molecule has 0 aliphatic heterocycles. The number of carbonyl (C=O) groups excluding carboxylic acids is 2. The van der Waals surface area contributed by atoms with Crippen LogP contribution in [-0.4, -0.2) is 41.4 Å². The number of rotatable bonds is 9. The minimum atomic E-state index is -0.0807. The number of ether oxygens (including phenoxy) is 1. The molecule has 3 rings (SSSR count). The number of amides is 2. The molecular weight excluding hydrogens is 384 g/mol. The molecule has 154 valence electrons. The van der Waals surface area contributed by atoms with E-state index in [1.54, 1.807) is 7.11 Å². The zero-order valence-corrected chi connectivity index (χ0v) is 18.1. The van der Waals surface area contributed by atoms with Gasteiger partial charge in [-0.15, -0.1) is 11.8 Å². The van der Waals surface area contributed by atoms with Crippen molar-refractivity contribution in [2.45, 2.75) is 39.3 Å². The van der Waals surface area contributed by atoms with E-state index in [9.17, 15) is 9.59 Å². The van der Waals surface area contributed by atoms with Crippen LogP contribution in [0.2, 0.25) is 0 Å². The van der Waals surface area contributed by atoms with Gasteiger partial charge in [-0.1, -0.05) is 29.8 Å². The molecule has 1 aliphatic rings. The topological polar surface area (TPSA) is 58.6 Å². The number of hydrogen-bond acceptors (Lipinski definition) is 4. The zero-order valence-electron chi connectivity index (χ0n) is 17.2. The van der Waals surface area contributed by atoms with Gasteiger partial charge in [0, 0.05) is 18.3 Å². The molecule has 6 heteroatoms. The lowest BCUT2D eigenvalue weighted by molar-refractivity contribution is -0.129. The Kier molecular flexibility index (Phi) is 7.20. The lowest BCUT2D eigenvalue weighted by Crippen LogP contribution is -2.34. The summed E-state index contributed by atoms with van der Waals surface area (Å²) in [6, 6.07) is 14.1. The maximum atomic E-state index is 12.7. The smallest absolute Gasteiger partial charge is 0.234 e. The first-order chi connectivity index (χ1) is 14.0. The van der Waals surface area contributed by atoms with Crippen LogP contribution in [0, 0.1) is 13.8 Å². The zero-order chi connectivity index (χ0) is 20.8. The number of methoxy groups -OCH3 is 1. The number of nitrogens with one attached hydrogen (secondary N) is 1. The SMILES string of the molecule is COc1ccc(CN(C(=O)CSCC(=O)Nc2ccc(C)cc2C)C2CC2)cc1. The Balaban J connectivity index is 1.48. The monoisotopic (exact) mass is 412 g/mol. The summed E-state index contributed by atoms with van der Waals surface area (Å²) >= 11 is 1.36. The molecule has 1 aliphatic carbocycles. The van der Waals surface area contributed by atoms with E-state index in [0.717, 1.165) is 41.0 Å². The van der Waals surface area contributed by atoms with Gasteiger partial charge in [0.15, 0.2) is 0 Å². The molecule has 0 saturated heterocycles. The minimum absolute atomic E-state index is 0.0807. The molecular formula is C23H28N2O3S. The Bertz CT molecular complexity index is 863. The molecule has 2 aromatic rings. The number of thioether (sulfide) groups is 1. The van der Waals surface area contributed by atoms with Gasteiger partial charge in [0.1, 0.15) is 5.75 Å². The number of carbonyl (C=O) groups is 2. The molecule has 0 aromatic heterocycles. The highest BCUT2D eigenvalue weighted by atomic mass is 32.2.